The molecule has 3 aromatic rings. The first-order valence-corrected chi connectivity index (χ1v) is 8.04. The second kappa shape index (κ2) is 6.19. The summed E-state index contributed by atoms with van der Waals surface area (Å²) in [6.07, 6.45) is 1.80. The standard InChI is InChI=1S/C18H15N3OS/c1-11-7-13(3)14(8-12(11)2)9-15(10-19)18-20-17(21-22-18)16-5-4-6-23-16/h4-9H,1-3H3/b15-9+. The van der Waals surface area contributed by atoms with E-state index in [1.807, 2.05) is 24.4 Å². The number of allylic oxidation sites excluding steroid dienone is 1. The molecule has 4 nitrogen and oxygen atoms in total. The average Bonchev–Trinajstić information content (AvgIpc) is 3.20. The molecule has 0 aliphatic heterocycles. The van der Waals surface area contributed by atoms with E-state index in [1.54, 1.807) is 6.08 Å². The van der Waals surface area contributed by atoms with Crippen molar-refractivity contribution in [2.75, 3.05) is 0 Å². The van der Waals surface area contributed by atoms with Gasteiger partial charge in [-0.1, -0.05) is 23.4 Å². The Kier molecular flexibility index (Phi) is 4.09. The lowest BCUT2D eigenvalue weighted by Gasteiger charge is -2.06. The Morgan fingerprint density at radius 3 is 2.70 bits per heavy atom. The summed E-state index contributed by atoms with van der Waals surface area (Å²) < 4.78 is 5.26. The summed E-state index contributed by atoms with van der Waals surface area (Å²) in [6, 6.07) is 10.2. The smallest absolute Gasteiger partial charge is 0.268 e. The van der Waals surface area contributed by atoms with E-state index in [9.17, 15) is 5.26 Å². The van der Waals surface area contributed by atoms with Crippen molar-refractivity contribution in [3.05, 3.63) is 57.8 Å². The van der Waals surface area contributed by atoms with Crippen molar-refractivity contribution in [1.82, 2.24) is 10.1 Å². The minimum absolute atomic E-state index is 0.244. The normalized spacial score (nSPS) is 11.5. The molecule has 0 saturated heterocycles. The fourth-order valence-electron chi connectivity index (χ4n) is 2.27. The lowest BCUT2D eigenvalue weighted by atomic mass is 9.99. The van der Waals surface area contributed by atoms with Gasteiger partial charge in [0.05, 0.1) is 4.88 Å². The van der Waals surface area contributed by atoms with Gasteiger partial charge in [0.25, 0.3) is 5.89 Å². The summed E-state index contributed by atoms with van der Waals surface area (Å²) in [5.41, 5.74) is 4.88. The molecule has 1 aromatic carbocycles. The molecule has 0 atom stereocenters. The predicted molar refractivity (Wildman–Crippen MR) is 91.7 cm³/mol. The first-order valence-electron chi connectivity index (χ1n) is 7.16. The highest BCUT2D eigenvalue weighted by molar-refractivity contribution is 7.13. The molecule has 0 aliphatic rings. The molecule has 0 amide bonds. The lowest BCUT2D eigenvalue weighted by molar-refractivity contribution is 0.409. The number of nitrogens with zero attached hydrogens (tertiary/aromatic N) is 3. The van der Waals surface area contributed by atoms with Gasteiger partial charge in [-0.25, -0.2) is 0 Å². The zero-order valence-electron chi connectivity index (χ0n) is 13.1. The number of rotatable bonds is 3. The van der Waals surface area contributed by atoms with Crippen LogP contribution in [0.25, 0.3) is 22.4 Å². The zero-order valence-corrected chi connectivity index (χ0v) is 13.9. The number of hydrogen-bond donors (Lipinski definition) is 0. The summed E-state index contributed by atoms with van der Waals surface area (Å²) in [5, 5.41) is 15.4. The van der Waals surface area contributed by atoms with E-state index in [2.05, 4.69) is 42.2 Å². The zero-order chi connectivity index (χ0) is 16.4. The summed E-state index contributed by atoms with van der Waals surface area (Å²) in [6.45, 7) is 6.16. The summed E-state index contributed by atoms with van der Waals surface area (Å²) in [7, 11) is 0. The van der Waals surface area contributed by atoms with Crippen LogP contribution in [0.5, 0.6) is 0 Å². The van der Waals surface area contributed by atoms with Gasteiger partial charge in [-0.2, -0.15) is 10.2 Å². The third kappa shape index (κ3) is 3.08. The quantitative estimate of drug-likeness (QED) is 0.651. The highest BCUT2D eigenvalue weighted by Crippen LogP contribution is 2.25. The van der Waals surface area contributed by atoms with E-state index in [1.165, 1.54) is 22.5 Å². The van der Waals surface area contributed by atoms with Crippen molar-refractivity contribution in [2.45, 2.75) is 20.8 Å². The minimum atomic E-state index is 0.244. The molecule has 0 radical (unpaired) electrons. The Bertz CT molecular complexity index is 914. The van der Waals surface area contributed by atoms with E-state index >= 15 is 0 Å². The monoisotopic (exact) mass is 321 g/mol. The third-order valence-corrected chi connectivity index (χ3v) is 4.57. The van der Waals surface area contributed by atoms with Crippen LogP contribution in [0.4, 0.5) is 0 Å². The SMILES string of the molecule is Cc1cc(C)c(/C=C(\C#N)c2nc(-c3cccs3)no2)cc1C. The van der Waals surface area contributed by atoms with E-state index in [0.717, 1.165) is 16.0 Å². The van der Waals surface area contributed by atoms with Crippen LogP contribution in [-0.2, 0) is 0 Å². The molecule has 0 unspecified atom stereocenters. The molecule has 23 heavy (non-hydrogen) atoms. The number of hydrogen-bond acceptors (Lipinski definition) is 5. The van der Waals surface area contributed by atoms with Crippen LogP contribution in [0.15, 0.2) is 34.2 Å². The van der Waals surface area contributed by atoms with Gasteiger partial charge in [0.2, 0.25) is 5.82 Å². The van der Waals surface area contributed by atoms with Crippen molar-refractivity contribution < 1.29 is 4.52 Å². The molecule has 0 aliphatic carbocycles. The molecule has 114 valence electrons. The fraction of sp³-hybridized carbons (Fsp3) is 0.167. The number of benzene rings is 1. The van der Waals surface area contributed by atoms with Crippen LogP contribution in [-0.4, -0.2) is 10.1 Å². The van der Waals surface area contributed by atoms with E-state index in [0.29, 0.717) is 11.4 Å². The van der Waals surface area contributed by atoms with Gasteiger partial charge in [0, 0.05) is 0 Å². The molecule has 0 fully saturated rings. The highest BCUT2D eigenvalue weighted by atomic mass is 32.1. The Morgan fingerprint density at radius 2 is 2.00 bits per heavy atom. The number of aryl methyl sites for hydroxylation is 3. The third-order valence-electron chi connectivity index (χ3n) is 3.70. The maximum Gasteiger partial charge on any atom is 0.268 e. The van der Waals surface area contributed by atoms with Crippen LogP contribution in [0.3, 0.4) is 0 Å². The van der Waals surface area contributed by atoms with Crippen molar-refractivity contribution in [3.63, 3.8) is 0 Å². The Hall–Kier alpha value is -2.71. The number of thiophene rings is 1. The summed E-state index contributed by atoms with van der Waals surface area (Å²) in [4.78, 5) is 5.25. The molecule has 0 spiro atoms. The molecule has 0 saturated carbocycles. The van der Waals surface area contributed by atoms with Gasteiger partial charge in [0.15, 0.2) is 0 Å². The van der Waals surface area contributed by atoms with Crippen LogP contribution in [0.2, 0.25) is 0 Å². The van der Waals surface area contributed by atoms with Crippen molar-refractivity contribution in [1.29, 1.82) is 5.26 Å². The summed E-state index contributed by atoms with van der Waals surface area (Å²) in [5.74, 6) is 0.751. The van der Waals surface area contributed by atoms with Gasteiger partial charge in [-0.15, -0.1) is 11.3 Å². The van der Waals surface area contributed by atoms with Crippen LogP contribution < -0.4 is 0 Å². The maximum atomic E-state index is 9.45. The van der Waals surface area contributed by atoms with Crippen LogP contribution in [0.1, 0.15) is 28.1 Å². The molecule has 2 aromatic heterocycles. The molecule has 2 heterocycles. The van der Waals surface area contributed by atoms with Crippen molar-refractivity contribution >= 4 is 23.0 Å². The van der Waals surface area contributed by atoms with Gasteiger partial charge in [-0.05, 0) is 60.5 Å². The largest absolute Gasteiger partial charge is 0.333 e. The van der Waals surface area contributed by atoms with Crippen molar-refractivity contribution in [3.8, 4) is 16.8 Å². The van der Waals surface area contributed by atoms with Gasteiger partial charge in [0.1, 0.15) is 11.6 Å². The maximum absolute atomic E-state index is 9.45. The second-order valence-electron chi connectivity index (χ2n) is 5.36. The van der Waals surface area contributed by atoms with Gasteiger partial charge >= 0.3 is 0 Å². The number of nitriles is 1. The minimum Gasteiger partial charge on any atom is -0.333 e. The van der Waals surface area contributed by atoms with Crippen LogP contribution in [0, 0.1) is 32.1 Å². The molecule has 3 rings (SSSR count). The first-order chi connectivity index (χ1) is 11.1. The summed E-state index contributed by atoms with van der Waals surface area (Å²) >= 11 is 1.53. The highest BCUT2D eigenvalue weighted by Gasteiger charge is 2.14. The fourth-order valence-corrected chi connectivity index (χ4v) is 2.92. The Morgan fingerprint density at radius 1 is 1.22 bits per heavy atom. The predicted octanol–water partition coefficient (Wildman–Crippen LogP) is 4.79. The first kappa shape index (κ1) is 15.2. The molecular formula is C18H15N3OS. The van der Waals surface area contributed by atoms with E-state index < -0.39 is 0 Å². The van der Waals surface area contributed by atoms with Crippen LogP contribution >= 0.6 is 11.3 Å². The topological polar surface area (TPSA) is 62.7 Å². The van der Waals surface area contributed by atoms with E-state index in [-0.39, 0.29) is 5.89 Å². The van der Waals surface area contributed by atoms with Crippen molar-refractivity contribution in [2.24, 2.45) is 0 Å². The second-order valence-corrected chi connectivity index (χ2v) is 6.31. The molecule has 0 bridgehead atoms. The molecule has 0 N–H and O–H groups in total. The van der Waals surface area contributed by atoms with Gasteiger partial charge < -0.3 is 4.52 Å². The van der Waals surface area contributed by atoms with E-state index in [4.69, 9.17) is 4.52 Å². The Labute approximate surface area is 138 Å². The lowest BCUT2D eigenvalue weighted by Crippen LogP contribution is -1.89. The Balaban J connectivity index is 2.01. The van der Waals surface area contributed by atoms with Gasteiger partial charge in [-0.3, -0.25) is 0 Å². The molecular weight excluding hydrogens is 306 g/mol. The molecule has 5 heteroatoms. The average molecular weight is 321 g/mol. The number of aromatic nitrogens is 2.